The number of carbonyl (C=O) groups excluding carboxylic acids is 2. The van der Waals surface area contributed by atoms with Gasteiger partial charge in [0, 0.05) is 24.7 Å². The molecular formula is C13H15N3O2. The van der Waals surface area contributed by atoms with Crippen molar-refractivity contribution in [2.24, 2.45) is 0 Å². The van der Waals surface area contributed by atoms with E-state index in [1.54, 1.807) is 6.92 Å². The van der Waals surface area contributed by atoms with Crippen molar-refractivity contribution in [2.75, 3.05) is 0 Å². The molecule has 0 bridgehead atoms. The van der Waals surface area contributed by atoms with Gasteiger partial charge >= 0.3 is 6.03 Å². The first-order valence-electron chi connectivity index (χ1n) is 6.07. The summed E-state index contributed by atoms with van der Waals surface area (Å²) in [6.07, 6.45) is 2.73. The number of hydrogen-bond donors (Lipinski definition) is 2. The Labute approximate surface area is 105 Å². The number of nitrogens with zero attached hydrogens (tertiary/aromatic N) is 1. The highest BCUT2D eigenvalue weighted by atomic mass is 16.2. The van der Waals surface area contributed by atoms with Gasteiger partial charge in [-0.3, -0.25) is 4.79 Å². The maximum absolute atomic E-state index is 11.6. The molecule has 18 heavy (non-hydrogen) atoms. The van der Waals surface area contributed by atoms with Gasteiger partial charge in [-0.15, -0.1) is 0 Å². The van der Waals surface area contributed by atoms with Crippen molar-refractivity contribution >= 4 is 17.5 Å². The number of hydrogen-bond acceptors (Lipinski definition) is 2. The van der Waals surface area contributed by atoms with Crippen molar-refractivity contribution in [3.8, 4) is 0 Å². The number of nitrogens with one attached hydrogen (secondary N) is 2. The average molecular weight is 245 g/mol. The lowest BCUT2D eigenvalue weighted by Gasteiger charge is -2.29. The minimum atomic E-state index is -0.139. The lowest BCUT2D eigenvalue weighted by atomic mass is 9.97. The summed E-state index contributed by atoms with van der Waals surface area (Å²) in [7, 11) is 0. The number of urea groups is 1. The number of fused-ring (bicyclic) bond motifs is 3. The molecule has 1 fully saturated rings. The normalized spacial score (nSPS) is 27.4. The monoisotopic (exact) mass is 245 g/mol. The fraction of sp³-hybridized carbons (Fsp3) is 0.385. The molecule has 2 amide bonds. The fourth-order valence-corrected chi connectivity index (χ4v) is 2.84. The molecule has 0 unspecified atom stereocenters. The highest BCUT2D eigenvalue weighted by molar-refractivity contribution is 5.94. The molecule has 3 rings (SSSR count). The second-order valence-electron chi connectivity index (χ2n) is 4.72. The fourth-order valence-electron chi connectivity index (χ4n) is 2.84. The largest absolute Gasteiger partial charge is 0.333 e. The standard InChI is InChI=1S/C13H15N3O2/c1-3-8-6-9-12(15-13(18)14-9)11-5-4-10(7(2)17)16(8)11/h3-5,9,12H,6H2,1-2H3,(H2,14,15,18)/b8-3-/t9-,12-/m1/s1. The first kappa shape index (κ1) is 11.1. The van der Waals surface area contributed by atoms with Gasteiger partial charge in [0.25, 0.3) is 0 Å². The third kappa shape index (κ3) is 1.40. The van der Waals surface area contributed by atoms with Gasteiger partial charge in [0.05, 0.1) is 17.8 Å². The maximum Gasteiger partial charge on any atom is 0.315 e. The van der Waals surface area contributed by atoms with Crippen LogP contribution in [0.15, 0.2) is 18.2 Å². The zero-order valence-corrected chi connectivity index (χ0v) is 10.4. The number of carbonyl (C=O) groups is 2. The molecule has 2 atom stereocenters. The molecule has 0 aromatic carbocycles. The van der Waals surface area contributed by atoms with Crippen LogP contribution in [0.4, 0.5) is 4.79 Å². The summed E-state index contributed by atoms with van der Waals surface area (Å²) in [5.74, 6) is 0.0383. The van der Waals surface area contributed by atoms with Crippen LogP contribution in [-0.4, -0.2) is 22.4 Å². The van der Waals surface area contributed by atoms with E-state index >= 15 is 0 Å². The Bertz CT molecular complexity index is 571. The number of aromatic nitrogens is 1. The average Bonchev–Trinajstić information content (AvgIpc) is 2.89. The topological polar surface area (TPSA) is 63.1 Å². The number of rotatable bonds is 1. The molecule has 0 saturated carbocycles. The summed E-state index contributed by atoms with van der Waals surface area (Å²) >= 11 is 0. The predicted octanol–water partition coefficient (Wildman–Crippen LogP) is 1.68. The van der Waals surface area contributed by atoms with E-state index in [1.165, 1.54) is 0 Å². The minimum absolute atomic E-state index is 0.0383. The van der Waals surface area contributed by atoms with Crippen LogP contribution in [0.25, 0.3) is 5.70 Å². The molecular weight excluding hydrogens is 230 g/mol. The molecule has 5 heteroatoms. The van der Waals surface area contributed by atoms with E-state index in [2.05, 4.69) is 10.6 Å². The molecule has 0 aliphatic carbocycles. The lowest BCUT2D eigenvalue weighted by Crippen LogP contribution is -2.34. The molecule has 94 valence electrons. The Kier molecular flexibility index (Phi) is 2.29. The molecule has 1 aromatic heterocycles. The molecule has 3 heterocycles. The highest BCUT2D eigenvalue weighted by Gasteiger charge is 2.39. The predicted molar refractivity (Wildman–Crippen MR) is 67.2 cm³/mol. The smallest absolute Gasteiger partial charge is 0.315 e. The summed E-state index contributed by atoms with van der Waals surface area (Å²) in [6, 6.07) is 3.64. The van der Waals surface area contributed by atoms with Crippen molar-refractivity contribution in [2.45, 2.75) is 32.4 Å². The summed E-state index contributed by atoms with van der Waals surface area (Å²) in [4.78, 5) is 23.1. The van der Waals surface area contributed by atoms with E-state index < -0.39 is 0 Å². The van der Waals surface area contributed by atoms with Crippen molar-refractivity contribution in [3.05, 3.63) is 29.6 Å². The molecule has 2 aliphatic rings. The molecule has 1 aromatic rings. The Morgan fingerprint density at radius 3 is 2.89 bits per heavy atom. The van der Waals surface area contributed by atoms with Gasteiger partial charge in [0.15, 0.2) is 5.78 Å². The molecule has 0 spiro atoms. The quantitative estimate of drug-likeness (QED) is 0.739. The SMILES string of the molecule is C/C=C1/C[C@H]2NC(=O)N[C@H]2c2ccc(C(C)=O)n21. The van der Waals surface area contributed by atoms with Gasteiger partial charge in [-0.25, -0.2) is 4.79 Å². The molecule has 0 radical (unpaired) electrons. The number of amides is 2. The minimum Gasteiger partial charge on any atom is -0.333 e. The first-order chi connectivity index (χ1) is 8.61. The van der Waals surface area contributed by atoms with Gasteiger partial charge in [-0.05, 0) is 19.1 Å². The summed E-state index contributed by atoms with van der Waals surface area (Å²) in [5, 5.41) is 5.81. The van der Waals surface area contributed by atoms with Crippen LogP contribution in [0, 0.1) is 0 Å². The number of Topliss-reactive ketones (excluding diaryl/α,β-unsaturated/α-hetero) is 1. The van der Waals surface area contributed by atoms with E-state index in [0.717, 1.165) is 17.8 Å². The lowest BCUT2D eigenvalue weighted by molar-refractivity contribution is 0.101. The third-order valence-corrected chi connectivity index (χ3v) is 3.65. The molecule has 2 N–H and O–H groups in total. The van der Waals surface area contributed by atoms with Gasteiger partial charge < -0.3 is 15.2 Å². The van der Waals surface area contributed by atoms with E-state index in [1.807, 2.05) is 29.7 Å². The molecule has 5 nitrogen and oxygen atoms in total. The Balaban J connectivity index is 2.16. The van der Waals surface area contributed by atoms with Crippen molar-refractivity contribution in [3.63, 3.8) is 0 Å². The Hall–Kier alpha value is -2.04. The van der Waals surface area contributed by atoms with Crippen LogP contribution in [0.1, 0.15) is 42.5 Å². The Morgan fingerprint density at radius 2 is 2.22 bits per heavy atom. The van der Waals surface area contributed by atoms with Crippen LogP contribution >= 0.6 is 0 Å². The van der Waals surface area contributed by atoms with E-state index in [-0.39, 0.29) is 23.9 Å². The van der Waals surface area contributed by atoms with Crippen LogP contribution in [-0.2, 0) is 0 Å². The molecule has 1 saturated heterocycles. The number of ketones is 1. The zero-order valence-electron chi connectivity index (χ0n) is 10.4. The number of allylic oxidation sites excluding steroid dienone is 1. The van der Waals surface area contributed by atoms with Crippen LogP contribution in [0.5, 0.6) is 0 Å². The Morgan fingerprint density at radius 1 is 1.44 bits per heavy atom. The second-order valence-corrected chi connectivity index (χ2v) is 4.72. The van der Waals surface area contributed by atoms with Crippen molar-refractivity contribution < 1.29 is 9.59 Å². The van der Waals surface area contributed by atoms with Crippen LogP contribution in [0.2, 0.25) is 0 Å². The van der Waals surface area contributed by atoms with Gasteiger partial charge in [0.2, 0.25) is 0 Å². The second kappa shape index (κ2) is 3.73. The van der Waals surface area contributed by atoms with Crippen molar-refractivity contribution in [1.29, 1.82) is 0 Å². The first-order valence-corrected chi connectivity index (χ1v) is 6.07. The summed E-state index contributed by atoms with van der Waals surface area (Å²) in [5.41, 5.74) is 2.71. The third-order valence-electron chi connectivity index (χ3n) is 3.65. The summed E-state index contributed by atoms with van der Waals surface area (Å²) in [6.45, 7) is 3.51. The van der Waals surface area contributed by atoms with Crippen LogP contribution < -0.4 is 10.6 Å². The highest BCUT2D eigenvalue weighted by Crippen LogP contribution is 2.36. The maximum atomic E-state index is 11.6. The molecule has 2 aliphatic heterocycles. The van der Waals surface area contributed by atoms with Crippen molar-refractivity contribution in [1.82, 2.24) is 15.2 Å². The van der Waals surface area contributed by atoms with E-state index in [9.17, 15) is 9.59 Å². The van der Waals surface area contributed by atoms with Gasteiger partial charge in [-0.2, -0.15) is 0 Å². The van der Waals surface area contributed by atoms with Gasteiger partial charge in [-0.1, -0.05) is 6.08 Å². The van der Waals surface area contributed by atoms with E-state index in [4.69, 9.17) is 0 Å². The summed E-state index contributed by atoms with van der Waals surface area (Å²) < 4.78 is 1.97. The van der Waals surface area contributed by atoms with Crippen LogP contribution in [0.3, 0.4) is 0 Å². The zero-order chi connectivity index (χ0) is 12.9. The van der Waals surface area contributed by atoms with Gasteiger partial charge in [0.1, 0.15) is 0 Å². The van der Waals surface area contributed by atoms with E-state index in [0.29, 0.717) is 5.69 Å².